The fourth-order valence-corrected chi connectivity index (χ4v) is 2.42. The van der Waals surface area contributed by atoms with E-state index in [1.54, 1.807) is 0 Å². The summed E-state index contributed by atoms with van der Waals surface area (Å²) in [6, 6.07) is 0. The molecule has 19 heavy (non-hydrogen) atoms. The topological polar surface area (TPSA) is 110 Å². The van der Waals surface area contributed by atoms with E-state index in [0.29, 0.717) is 6.42 Å². The van der Waals surface area contributed by atoms with Gasteiger partial charge in [0.2, 0.25) is 0 Å². The van der Waals surface area contributed by atoms with Gasteiger partial charge in [-0.2, -0.15) is 0 Å². The average Bonchev–Trinajstić information content (AvgIpc) is 2.63. The molecule has 1 fully saturated rings. The summed E-state index contributed by atoms with van der Waals surface area (Å²) in [5.74, 6) is -1.84. The van der Waals surface area contributed by atoms with Crippen LogP contribution in [0.5, 0.6) is 0 Å². The number of unbranched alkanes of at least 4 members (excludes halogenated alkanes) is 4. The minimum Gasteiger partial charge on any atom is -0.394 e. The number of ether oxygens (including phenoxy) is 1. The zero-order valence-corrected chi connectivity index (χ0v) is 11.4. The van der Waals surface area contributed by atoms with Crippen LogP contribution in [0, 0.1) is 0 Å². The van der Waals surface area contributed by atoms with E-state index in [2.05, 4.69) is 6.92 Å². The maximum absolute atomic E-state index is 10.2. The SMILES string of the molecule is CCCCCCC[C@]1(O)O[C@H]([C@H](O)CO)[C@H](O)[C@H]1O. The Kier molecular flexibility index (Phi) is 6.65. The molecule has 0 spiro atoms. The molecule has 0 saturated carbocycles. The second-order valence-corrected chi connectivity index (χ2v) is 5.28. The van der Waals surface area contributed by atoms with Gasteiger partial charge >= 0.3 is 0 Å². The smallest absolute Gasteiger partial charge is 0.195 e. The number of hydrogen-bond donors (Lipinski definition) is 5. The lowest BCUT2D eigenvalue weighted by Crippen LogP contribution is -2.43. The zero-order valence-electron chi connectivity index (χ0n) is 11.4. The normalized spacial score (nSPS) is 36.6. The molecule has 5 atom stereocenters. The molecule has 1 aliphatic rings. The van der Waals surface area contributed by atoms with Crippen molar-refractivity contribution in [3.8, 4) is 0 Å². The predicted molar refractivity (Wildman–Crippen MR) is 68.3 cm³/mol. The Balaban J connectivity index is 2.47. The highest BCUT2D eigenvalue weighted by atomic mass is 16.7. The van der Waals surface area contributed by atoms with Crippen LogP contribution in [0.15, 0.2) is 0 Å². The molecular formula is C13H26O6. The van der Waals surface area contributed by atoms with E-state index in [0.717, 1.165) is 25.7 Å². The first kappa shape index (κ1) is 16.8. The van der Waals surface area contributed by atoms with Crippen LogP contribution in [-0.2, 0) is 4.74 Å². The van der Waals surface area contributed by atoms with Gasteiger partial charge in [0, 0.05) is 6.42 Å². The van der Waals surface area contributed by atoms with Crippen LogP contribution >= 0.6 is 0 Å². The van der Waals surface area contributed by atoms with Crippen molar-refractivity contribution in [3.63, 3.8) is 0 Å². The van der Waals surface area contributed by atoms with Gasteiger partial charge in [-0.1, -0.05) is 32.6 Å². The van der Waals surface area contributed by atoms with Crippen molar-refractivity contribution in [2.45, 2.75) is 75.7 Å². The van der Waals surface area contributed by atoms with Crippen molar-refractivity contribution < 1.29 is 30.3 Å². The molecule has 1 heterocycles. The molecule has 1 aliphatic heterocycles. The van der Waals surface area contributed by atoms with Crippen molar-refractivity contribution in [3.05, 3.63) is 0 Å². The summed E-state index contributed by atoms with van der Waals surface area (Å²) in [6.07, 6.45) is -0.287. The highest BCUT2D eigenvalue weighted by molar-refractivity contribution is 4.97. The molecule has 114 valence electrons. The van der Waals surface area contributed by atoms with Crippen molar-refractivity contribution in [1.29, 1.82) is 0 Å². The lowest BCUT2D eigenvalue weighted by Gasteiger charge is -2.26. The molecule has 0 aliphatic carbocycles. The van der Waals surface area contributed by atoms with Gasteiger partial charge in [-0.3, -0.25) is 0 Å². The van der Waals surface area contributed by atoms with Gasteiger partial charge in [0.1, 0.15) is 24.4 Å². The average molecular weight is 278 g/mol. The van der Waals surface area contributed by atoms with Gasteiger partial charge in [-0.05, 0) is 6.42 Å². The zero-order chi connectivity index (χ0) is 14.5. The largest absolute Gasteiger partial charge is 0.394 e. The summed E-state index contributed by atoms with van der Waals surface area (Å²) in [4.78, 5) is 0. The molecule has 0 unspecified atom stereocenters. The second-order valence-electron chi connectivity index (χ2n) is 5.28. The maximum atomic E-state index is 10.2. The molecule has 6 heteroatoms. The van der Waals surface area contributed by atoms with Crippen molar-refractivity contribution in [2.75, 3.05) is 6.61 Å². The first-order chi connectivity index (χ1) is 8.96. The Bertz CT molecular complexity index is 262. The van der Waals surface area contributed by atoms with Crippen LogP contribution in [0.1, 0.15) is 45.4 Å². The molecule has 0 radical (unpaired) electrons. The summed E-state index contributed by atoms with van der Waals surface area (Å²) in [6.45, 7) is 1.51. The van der Waals surface area contributed by atoms with Gasteiger partial charge in [-0.25, -0.2) is 0 Å². The first-order valence-corrected chi connectivity index (χ1v) is 7.01. The highest BCUT2D eigenvalue weighted by Crippen LogP contribution is 2.34. The standard InChI is InChI=1S/C13H26O6/c1-2-3-4-5-6-7-13(18)12(17)10(16)11(19-13)9(15)8-14/h9-12,14-18H,2-8H2,1H3/t9-,10+,11-,12-,13+/m1/s1. The van der Waals surface area contributed by atoms with Crippen LogP contribution in [0.3, 0.4) is 0 Å². The van der Waals surface area contributed by atoms with E-state index in [1.165, 1.54) is 0 Å². The minimum absolute atomic E-state index is 0.198. The van der Waals surface area contributed by atoms with Crippen LogP contribution in [0.4, 0.5) is 0 Å². The summed E-state index contributed by atoms with van der Waals surface area (Å²) in [7, 11) is 0. The predicted octanol–water partition coefficient (Wildman–Crippen LogP) is -0.491. The fourth-order valence-electron chi connectivity index (χ4n) is 2.42. The number of aliphatic hydroxyl groups is 5. The maximum Gasteiger partial charge on any atom is 0.195 e. The third kappa shape index (κ3) is 4.11. The number of aliphatic hydroxyl groups excluding tert-OH is 4. The second kappa shape index (κ2) is 7.52. The molecule has 0 bridgehead atoms. The Labute approximate surface area is 113 Å². The Morgan fingerprint density at radius 2 is 1.79 bits per heavy atom. The van der Waals surface area contributed by atoms with Crippen LogP contribution in [0.25, 0.3) is 0 Å². The summed E-state index contributed by atoms with van der Waals surface area (Å²) >= 11 is 0. The van der Waals surface area contributed by atoms with Crippen LogP contribution in [0.2, 0.25) is 0 Å². The van der Waals surface area contributed by atoms with E-state index in [1.807, 2.05) is 0 Å². The Morgan fingerprint density at radius 3 is 2.37 bits per heavy atom. The molecule has 5 N–H and O–H groups in total. The molecule has 0 aromatic carbocycles. The quantitative estimate of drug-likeness (QED) is 0.383. The van der Waals surface area contributed by atoms with Gasteiger partial charge in [0.25, 0.3) is 0 Å². The third-order valence-corrected chi connectivity index (χ3v) is 3.67. The summed E-state index contributed by atoms with van der Waals surface area (Å²) in [5, 5.41) is 48.0. The van der Waals surface area contributed by atoms with Crippen molar-refractivity contribution >= 4 is 0 Å². The summed E-state index contributed by atoms with van der Waals surface area (Å²) in [5.41, 5.74) is 0. The van der Waals surface area contributed by atoms with E-state index in [9.17, 15) is 20.4 Å². The lowest BCUT2D eigenvalue weighted by molar-refractivity contribution is -0.242. The monoisotopic (exact) mass is 278 g/mol. The fraction of sp³-hybridized carbons (Fsp3) is 1.00. The highest BCUT2D eigenvalue weighted by Gasteiger charge is 2.54. The Morgan fingerprint density at radius 1 is 1.16 bits per heavy atom. The van der Waals surface area contributed by atoms with E-state index in [-0.39, 0.29) is 6.42 Å². The first-order valence-electron chi connectivity index (χ1n) is 7.01. The van der Waals surface area contributed by atoms with Gasteiger partial charge in [0.15, 0.2) is 5.79 Å². The summed E-state index contributed by atoms with van der Waals surface area (Å²) < 4.78 is 5.18. The molecule has 0 aromatic heterocycles. The molecule has 1 saturated heterocycles. The van der Waals surface area contributed by atoms with Crippen LogP contribution < -0.4 is 0 Å². The lowest BCUT2D eigenvalue weighted by atomic mass is 9.98. The number of hydrogen-bond acceptors (Lipinski definition) is 6. The van der Waals surface area contributed by atoms with E-state index in [4.69, 9.17) is 9.84 Å². The van der Waals surface area contributed by atoms with Gasteiger partial charge in [-0.15, -0.1) is 0 Å². The van der Waals surface area contributed by atoms with Crippen molar-refractivity contribution in [1.82, 2.24) is 0 Å². The van der Waals surface area contributed by atoms with Gasteiger partial charge in [0.05, 0.1) is 6.61 Å². The third-order valence-electron chi connectivity index (χ3n) is 3.67. The van der Waals surface area contributed by atoms with E-state index >= 15 is 0 Å². The molecule has 1 rings (SSSR count). The molecule has 0 aromatic rings. The molecule has 6 nitrogen and oxygen atoms in total. The van der Waals surface area contributed by atoms with Crippen LogP contribution in [-0.4, -0.2) is 62.3 Å². The molecule has 0 amide bonds. The van der Waals surface area contributed by atoms with E-state index < -0.39 is 36.8 Å². The Hall–Kier alpha value is -0.240. The minimum atomic E-state index is -1.84. The molecular weight excluding hydrogens is 252 g/mol. The number of rotatable bonds is 8. The van der Waals surface area contributed by atoms with Gasteiger partial charge < -0.3 is 30.3 Å². The van der Waals surface area contributed by atoms with Crippen molar-refractivity contribution in [2.24, 2.45) is 0 Å².